The Hall–Kier alpha value is -3.80. The molecule has 3 aromatic rings. The van der Waals surface area contributed by atoms with Crippen LogP contribution in [-0.4, -0.2) is 32.2 Å². The van der Waals surface area contributed by atoms with Crippen molar-refractivity contribution in [2.75, 3.05) is 19.5 Å². The second-order valence-electron chi connectivity index (χ2n) is 6.51. The minimum absolute atomic E-state index is 0.410. The van der Waals surface area contributed by atoms with Crippen molar-refractivity contribution in [1.29, 1.82) is 0 Å². The average Bonchev–Trinajstić information content (AvgIpc) is 2.77. The van der Waals surface area contributed by atoms with Crippen molar-refractivity contribution in [3.8, 4) is 11.5 Å². The summed E-state index contributed by atoms with van der Waals surface area (Å²) in [7, 11) is 3.06. The highest BCUT2D eigenvalue weighted by Gasteiger charge is 2.17. The standard InChI is InChI=1S/C24H23NO5/c1-16(24(27)25-20-12-6-9-17-8-4-5-11-19(17)20)30-22(26)15-14-18-10-7-13-21(28-2)23(18)29-3/h4-16H,1-3H3,(H,25,27)/b15-14+/t16-/m0/s1. The lowest BCUT2D eigenvalue weighted by Crippen LogP contribution is -2.29. The highest BCUT2D eigenvalue weighted by atomic mass is 16.5. The minimum atomic E-state index is -0.965. The summed E-state index contributed by atoms with van der Waals surface area (Å²) in [6.07, 6.45) is 1.84. The van der Waals surface area contributed by atoms with Crippen LogP contribution in [0.5, 0.6) is 11.5 Å². The molecule has 0 radical (unpaired) electrons. The number of carbonyl (C=O) groups is 2. The molecule has 1 atom stereocenters. The van der Waals surface area contributed by atoms with E-state index in [1.807, 2.05) is 42.5 Å². The fourth-order valence-corrected chi connectivity index (χ4v) is 3.04. The summed E-state index contributed by atoms with van der Waals surface area (Å²) in [4.78, 5) is 24.7. The molecule has 0 fully saturated rings. The number of methoxy groups -OCH3 is 2. The number of amides is 1. The number of rotatable bonds is 7. The van der Waals surface area contributed by atoms with E-state index in [0.29, 0.717) is 22.7 Å². The zero-order valence-electron chi connectivity index (χ0n) is 17.0. The molecule has 0 aromatic heterocycles. The van der Waals surface area contributed by atoms with E-state index in [1.165, 1.54) is 27.2 Å². The number of hydrogen-bond acceptors (Lipinski definition) is 5. The second-order valence-corrected chi connectivity index (χ2v) is 6.51. The Kier molecular flexibility index (Phi) is 6.70. The van der Waals surface area contributed by atoms with Gasteiger partial charge in [0.1, 0.15) is 0 Å². The van der Waals surface area contributed by atoms with Gasteiger partial charge in [0.25, 0.3) is 5.91 Å². The molecule has 6 heteroatoms. The van der Waals surface area contributed by atoms with Crippen LogP contribution in [0.3, 0.4) is 0 Å². The van der Waals surface area contributed by atoms with Crippen molar-refractivity contribution in [2.24, 2.45) is 0 Å². The summed E-state index contributed by atoms with van der Waals surface area (Å²) in [5, 5.41) is 4.74. The molecule has 0 saturated carbocycles. The number of para-hydroxylation sites is 1. The van der Waals surface area contributed by atoms with Crippen LogP contribution in [-0.2, 0) is 14.3 Å². The van der Waals surface area contributed by atoms with Crippen LogP contribution in [0.4, 0.5) is 5.69 Å². The zero-order valence-corrected chi connectivity index (χ0v) is 17.0. The summed E-state index contributed by atoms with van der Waals surface area (Å²) >= 11 is 0. The Balaban J connectivity index is 1.65. The van der Waals surface area contributed by atoms with Gasteiger partial charge in [-0.05, 0) is 30.5 Å². The molecular weight excluding hydrogens is 382 g/mol. The maximum absolute atomic E-state index is 12.5. The molecule has 1 N–H and O–H groups in total. The molecule has 0 spiro atoms. The lowest BCUT2D eigenvalue weighted by Gasteiger charge is -2.14. The van der Waals surface area contributed by atoms with E-state index in [0.717, 1.165) is 10.8 Å². The third-order valence-electron chi connectivity index (χ3n) is 4.54. The number of hydrogen-bond donors (Lipinski definition) is 1. The number of esters is 1. The van der Waals surface area contributed by atoms with Crippen LogP contribution < -0.4 is 14.8 Å². The van der Waals surface area contributed by atoms with Crippen LogP contribution in [0, 0.1) is 0 Å². The molecule has 0 saturated heterocycles. The Morgan fingerprint density at radius 2 is 1.67 bits per heavy atom. The molecule has 1 amide bonds. The minimum Gasteiger partial charge on any atom is -0.493 e. The Bertz CT molecular complexity index is 1080. The van der Waals surface area contributed by atoms with Crippen molar-refractivity contribution in [3.63, 3.8) is 0 Å². The second kappa shape index (κ2) is 9.60. The molecule has 0 heterocycles. The molecule has 0 aliphatic heterocycles. The van der Waals surface area contributed by atoms with Crippen LogP contribution >= 0.6 is 0 Å². The third-order valence-corrected chi connectivity index (χ3v) is 4.54. The summed E-state index contributed by atoms with van der Waals surface area (Å²) in [5.41, 5.74) is 1.32. The fraction of sp³-hybridized carbons (Fsp3) is 0.167. The topological polar surface area (TPSA) is 73.9 Å². The van der Waals surface area contributed by atoms with Crippen LogP contribution in [0.1, 0.15) is 12.5 Å². The highest BCUT2D eigenvalue weighted by Crippen LogP contribution is 2.31. The number of fused-ring (bicyclic) bond motifs is 1. The quantitative estimate of drug-likeness (QED) is 0.465. The van der Waals surface area contributed by atoms with Gasteiger partial charge in [0.15, 0.2) is 17.6 Å². The number of ether oxygens (including phenoxy) is 3. The number of nitrogens with one attached hydrogen (secondary N) is 1. The van der Waals surface area contributed by atoms with Gasteiger partial charge in [-0.2, -0.15) is 0 Å². The maximum Gasteiger partial charge on any atom is 0.331 e. The molecule has 0 unspecified atom stereocenters. The van der Waals surface area contributed by atoms with Gasteiger partial charge >= 0.3 is 5.97 Å². The monoisotopic (exact) mass is 405 g/mol. The largest absolute Gasteiger partial charge is 0.493 e. The molecule has 0 bridgehead atoms. The summed E-state index contributed by atoms with van der Waals surface area (Å²) < 4.78 is 15.8. The molecule has 3 aromatic carbocycles. The highest BCUT2D eigenvalue weighted by molar-refractivity contribution is 6.04. The Morgan fingerprint density at radius 3 is 2.43 bits per heavy atom. The van der Waals surface area contributed by atoms with Crippen molar-refractivity contribution in [2.45, 2.75) is 13.0 Å². The Labute approximate surface area is 175 Å². The SMILES string of the molecule is COc1cccc(/C=C/C(=O)O[C@@H](C)C(=O)Nc2cccc3ccccc23)c1OC. The molecule has 0 aliphatic carbocycles. The van der Waals surface area contributed by atoms with E-state index in [1.54, 1.807) is 24.3 Å². The molecule has 154 valence electrons. The van der Waals surface area contributed by atoms with Crippen LogP contribution in [0.25, 0.3) is 16.8 Å². The first-order valence-electron chi connectivity index (χ1n) is 9.41. The Morgan fingerprint density at radius 1 is 0.933 bits per heavy atom. The number of carbonyl (C=O) groups excluding carboxylic acids is 2. The predicted molar refractivity (Wildman–Crippen MR) is 117 cm³/mol. The number of benzene rings is 3. The first-order chi connectivity index (χ1) is 14.5. The summed E-state index contributed by atoms with van der Waals surface area (Å²) in [5.74, 6) is 0.00848. The van der Waals surface area contributed by atoms with Crippen molar-refractivity contribution in [1.82, 2.24) is 0 Å². The van der Waals surface area contributed by atoms with Gasteiger partial charge in [-0.1, -0.05) is 48.5 Å². The normalized spacial score (nSPS) is 11.8. The molecule has 0 aliphatic rings. The van der Waals surface area contributed by atoms with E-state index >= 15 is 0 Å². The molecule has 6 nitrogen and oxygen atoms in total. The van der Waals surface area contributed by atoms with E-state index < -0.39 is 18.0 Å². The van der Waals surface area contributed by atoms with Gasteiger partial charge < -0.3 is 19.5 Å². The maximum atomic E-state index is 12.5. The predicted octanol–water partition coefficient (Wildman–Crippen LogP) is 4.44. The van der Waals surface area contributed by atoms with E-state index in [4.69, 9.17) is 14.2 Å². The van der Waals surface area contributed by atoms with Crippen molar-refractivity contribution < 1.29 is 23.8 Å². The van der Waals surface area contributed by atoms with Crippen LogP contribution in [0.2, 0.25) is 0 Å². The van der Waals surface area contributed by atoms with E-state index in [2.05, 4.69) is 5.32 Å². The first-order valence-corrected chi connectivity index (χ1v) is 9.41. The smallest absolute Gasteiger partial charge is 0.331 e. The van der Waals surface area contributed by atoms with Crippen molar-refractivity contribution in [3.05, 3.63) is 72.3 Å². The molecular formula is C24H23NO5. The van der Waals surface area contributed by atoms with E-state index in [-0.39, 0.29) is 0 Å². The van der Waals surface area contributed by atoms with Crippen LogP contribution in [0.15, 0.2) is 66.7 Å². The fourth-order valence-electron chi connectivity index (χ4n) is 3.04. The van der Waals surface area contributed by atoms with Gasteiger partial charge in [0.05, 0.1) is 14.2 Å². The van der Waals surface area contributed by atoms with Crippen molar-refractivity contribution >= 4 is 34.4 Å². The summed E-state index contributed by atoms with van der Waals surface area (Å²) in [6.45, 7) is 1.53. The zero-order chi connectivity index (χ0) is 21.5. The van der Waals surface area contributed by atoms with Gasteiger partial charge in [-0.3, -0.25) is 4.79 Å². The van der Waals surface area contributed by atoms with Gasteiger partial charge in [-0.25, -0.2) is 4.79 Å². The molecule has 30 heavy (non-hydrogen) atoms. The van der Waals surface area contributed by atoms with Gasteiger partial charge in [-0.15, -0.1) is 0 Å². The number of anilines is 1. The van der Waals surface area contributed by atoms with Gasteiger partial charge in [0, 0.05) is 22.7 Å². The van der Waals surface area contributed by atoms with E-state index in [9.17, 15) is 9.59 Å². The summed E-state index contributed by atoms with van der Waals surface area (Å²) in [6, 6.07) is 18.7. The lowest BCUT2D eigenvalue weighted by molar-refractivity contribution is -0.148. The average molecular weight is 405 g/mol. The third kappa shape index (κ3) is 4.78. The van der Waals surface area contributed by atoms with Gasteiger partial charge in [0.2, 0.25) is 0 Å². The molecule has 3 rings (SSSR count). The lowest BCUT2D eigenvalue weighted by atomic mass is 10.1. The first kappa shape index (κ1) is 20.9.